The summed E-state index contributed by atoms with van der Waals surface area (Å²) in [7, 11) is 1.36. The molecule has 1 amide bonds. The first-order chi connectivity index (χ1) is 11.1. The molecular formula is C18H16ClNO3. The monoisotopic (exact) mass is 329 g/mol. The molecule has 118 valence electrons. The maximum absolute atomic E-state index is 12.4. The first-order valence-corrected chi connectivity index (χ1v) is 7.74. The van der Waals surface area contributed by atoms with Gasteiger partial charge in [-0.05, 0) is 48.2 Å². The molecule has 1 aliphatic rings. The molecular weight excluding hydrogens is 314 g/mol. The van der Waals surface area contributed by atoms with E-state index >= 15 is 0 Å². The van der Waals surface area contributed by atoms with Gasteiger partial charge in [0.15, 0.2) is 0 Å². The van der Waals surface area contributed by atoms with Crippen molar-refractivity contribution in [1.82, 2.24) is 5.32 Å². The minimum Gasteiger partial charge on any atom is -0.465 e. The number of ether oxygens (including phenoxy) is 1. The van der Waals surface area contributed by atoms with Crippen molar-refractivity contribution in [2.75, 3.05) is 7.11 Å². The number of rotatable bonds is 3. The van der Waals surface area contributed by atoms with Gasteiger partial charge in [-0.25, -0.2) is 4.79 Å². The van der Waals surface area contributed by atoms with Gasteiger partial charge in [0, 0.05) is 0 Å². The molecule has 5 heteroatoms. The van der Waals surface area contributed by atoms with Gasteiger partial charge in [-0.3, -0.25) is 4.79 Å². The van der Waals surface area contributed by atoms with Crippen LogP contribution in [0.1, 0.15) is 44.3 Å². The lowest BCUT2D eigenvalue weighted by Gasteiger charge is -2.15. The number of halogens is 1. The van der Waals surface area contributed by atoms with Gasteiger partial charge in [0.1, 0.15) is 0 Å². The maximum Gasteiger partial charge on any atom is 0.337 e. The summed E-state index contributed by atoms with van der Waals surface area (Å²) < 4.78 is 4.74. The van der Waals surface area contributed by atoms with E-state index in [-0.39, 0.29) is 17.9 Å². The molecule has 2 aromatic rings. The van der Waals surface area contributed by atoms with Crippen LogP contribution >= 0.6 is 11.6 Å². The molecule has 3 rings (SSSR count). The Bertz CT molecular complexity index is 773. The fourth-order valence-electron chi connectivity index (χ4n) is 2.89. The second-order valence-corrected chi connectivity index (χ2v) is 5.86. The summed E-state index contributed by atoms with van der Waals surface area (Å²) in [5, 5.41) is 3.45. The highest BCUT2D eigenvalue weighted by Crippen LogP contribution is 2.32. The van der Waals surface area contributed by atoms with Crippen molar-refractivity contribution in [2.24, 2.45) is 0 Å². The van der Waals surface area contributed by atoms with Crippen LogP contribution in [0, 0.1) is 0 Å². The zero-order valence-corrected chi connectivity index (χ0v) is 13.4. The molecule has 23 heavy (non-hydrogen) atoms. The number of aryl methyl sites for hydroxylation is 1. The van der Waals surface area contributed by atoms with Crippen LogP contribution in [0.3, 0.4) is 0 Å². The molecule has 0 unspecified atom stereocenters. The van der Waals surface area contributed by atoms with E-state index in [4.69, 9.17) is 16.3 Å². The standard InChI is InChI=1S/C18H16ClNO3/c1-23-18(22)12-6-8-13-11(10-12)7-9-16(13)20-17(21)14-4-2-3-5-15(14)19/h2-6,8,10,16H,7,9H2,1H3,(H,20,21)/t16-/m0/s1. The predicted molar refractivity (Wildman–Crippen MR) is 87.8 cm³/mol. The lowest BCUT2D eigenvalue weighted by molar-refractivity contribution is 0.0600. The van der Waals surface area contributed by atoms with E-state index in [0.29, 0.717) is 16.1 Å². The van der Waals surface area contributed by atoms with Crippen LogP contribution in [0.25, 0.3) is 0 Å². The molecule has 0 aliphatic heterocycles. The number of hydrogen-bond acceptors (Lipinski definition) is 3. The molecule has 2 aromatic carbocycles. The van der Waals surface area contributed by atoms with Gasteiger partial charge in [0.25, 0.3) is 5.91 Å². The number of carbonyl (C=O) groups excluding carboxylic acids is 2. The van der Waals surface area contributed by atoms with Crippen molar-refractivity contribution >= 4 is 23.5 Å². The lowest BCUT2D eigenvalue weighted by Crippen LogP contribution is -2.27. The highest BCUT2D eigenvalue weighted by molar-refractivity contribution is 6.33. The lowest BCUT2D eigenvalue weighted by atomic mass is 10.0. The van der Waals surface area contributed by atoms with Gasteiger partial charge in [-0.15, -0.1) is 0 Å². The average Bonchev–Trinajstić information content (AvgIpc) is 2.96. The molecule has 0 radical (unpaired) electrons. The van der Waals surface area contributed by atoms with Crippen molar-refractivity contribution in [3.8, 4) is 0 Å². The Kier molecular flexibility index (Phi) is 4.35. The number of hydrogen-bond donors (Lipinski definition) is 1. The number of benzene rings is 2. The van der Waals surface area contributed by atoms with E-state index in [0.717, 1.165) is 24.0 Å². The van der Waals surface area contributed by atoms with Crippen molar-refractivity contribution in [3.63, 3.8) is 0 Å². The summed E-state index contributed by atoms with van der Waals surface area (Å²) >= 11 is 6.06. The Morgan fingerprint density at radius 1 is 1.22 bits per heavy atom. The molecule has 0 saturated carbocycles. The molecule has 1 N–H and O–H groups in total. The van der Waals surface area contributed by atoms with Crippen LogP contribution in [0.4, 0.5) is 0 Å². The fourth-order valence-corrected chi connectivity index (χ4v) is 3.12. The smallest absolute Gasteiger partial charge is 0.337 e. The van der Waals surface area contributed by atoms with Crippen molar-refractivity contribution in [2.45, 2.75) is 18.9 Å². The van der Waals surface area contributed by atoms with Gasteiger partial charge >= 0.3 is 5.97 Å². The second kappa shape index (κ2) is 6.42. The van der Waals surface area contributed by atoms with E-state index in [1.807, 2.05) is 12.1 Å². The highest BCUT2D eigenvalue weighted by Gasteiger charge is 2.25. The molecule has 0 fully saturated rings. The predicted octanol–water partition coefficient (Wildman–Crippen LogP) is 3.54. The summed E-state index contributed by atoms with van der Waals surface area (Å²) in [4.78, 5) is 24.0. The Hall–Kier alpha value is -2.33. The Morgan fingerprint density at radius 3 is 2.74 bits per heavy atom. The van der Waals surface area contributed by atoms with Crippen LogP contribution in [-0.2, 0) is 11.2 Å². The first-order valence-electron chi connectivity index (χ1n) is 7.36. The minimum atomic E-state index is -0.351. The Morgan fingerprint density at radius 2 is 2.00 bits per heavy atom. The summed E-state index contributed by atoms with van der Waals surface area (Å²) in [5.74, 6) is -0.540. The van der Waals surface area contributed by atoms with Gasteiger partial charge in [0.2, 0.25) is 0 Å². The second-order valence-electron chi connectivity index (χ2n) is 5.45. The summed E-state index contributed by atoms with van der Waals surface area (Å²) in [6.45, 7) is 0. The van der Waals surface area contributed by atoms with Gasteiger partial charge in [-0.2, -0.15) is 0 Å². The summed E-state index contributed by atoms with van der Waals surface area (Å²) in [6.07, 6.45) is 1.61. The van der Waals surface area contributed by atoms with Crippen LogP contribution in [-0.4, -0.2) is 19.0 Å². The number of esters is 1. The van der Waals surface area contributed by atoms with Crippen LogP contribution in [0.15, 0.2) is 42.5 Å². The summed E-state index contributed by atoms with van der Waals surface area (Å²) in [5.41, 5.74) is 3.11. The molecule has 0 aromatic heterocycles. The molecule has 0 heterocycles. The third-order valence-corrected chi connectivity index (χ3v) is 4.40. The quantitative estimate of drug-likeness (QED) is 0.876. The number of fused-ring (bicyclic) bond motifs is 1. The van der Waals surface area contributed by atoms with Crippen molar-refractivity contribution in [3.05, 3.63) is 69.7 Å². The zero-order valence-electron chi connectivity index (χ0n) is 12.6. The van der Waals surface area contributed by atoms with Crippen LogP contribution < -0.4 is 5.32 Å². The average molecular weight is 330 g/mol. The van der Waals surface area contributed by atoms with E-state index in [1.54, 1.807) is 30.3 Å². The Labute approximate surface area is 139 Å². The Balaban J connectivity index is 1.79. The topological polar surface area (TPSA) is 55.4 Å². The highest BCUT2D eigenvalue weighted by atomic mass is 35.5. The SMILES string of the molecule is COC(=O)c1ccc2c(c1)CC[C@@H]2NC(=O)c1ccccc1Cl. The van der Waals surface area contributed by atoms with Gasteiger partial charge in [-0.1, -0.05) is 29.8 Å². The van der Waals surface area contributed by atoms with Crippen LogP contribution in [0.5, 0.6) is 0 Å². The molecule has 0 bridgehead atoms. The van der Waals surface area contributed by atoms with Gasteiger partial charge < -0.3 is 10.1 Å². The molecule has 0 saturated heterocycles. The normalized spacial score (nSPS) is 15.8. The van der Waals surface area contributed by atoms with E-state index in [2.05, 4.69) is 5.32 Å². The largest absolute Gasteiger partial charge is 0.465 e. The zero-order chi connectivity index (χ0) is 16.4. The third-order valence-electron chi connectivity index (χ3n) is 4.07. The van der Waals surface area contributed by atoms with Crippen molar-refractivity contribution < 1.29 is 14.3 Å². The number of carbonyl (C=O) groups is 2. The van der Waals surface area contributed by atoms with E-state index in [9.17, 15) is 9.59 Å². The molecule has 4 nitrogen and oxygen atoms in total. The fraction of sp³-hybridized carbons (Fsp3) is 0.222. The van der Waals surface area contributed by atoms with Crippen LogP contribution in [0.2, 0.25) is 5.02 Å². The minimum absolute atomic E-state index is 0.0690. The van der Waals surface area contributed by atoms with E-state index in [1.165, 1.54) is 7.11 Å². The number of methoxy groups -OCH3 is 1. The summed E-state index contributed by atoms with van der Waals surface area (Å²) in [6, 6.07) is 12.3. The first kappa shape index (κ1) is 15.6. The maximum atomic E-state index is 12.4. The van der Waals surface area contributed by atoms with E-state index < -0.39 is 0 Å². The molecule has 1 aliphatic carbocycles. The number of nitrogens with one attached hydrogen (secondary N) is 1. The number of amides is 1. The van der Waals surface area contributed by atoms with Gasteiger partial charge in [0.05, 0.1) is 29.3 Å². The van der Waals surface area contributed by atoms with Crippen molar-refractivity contribution in [1.29, 1.82) is 0 Å². The molecule has 0 spiro atoms. The molecule has 1 atom stereocenters. The third kappa shape index (κ3) is 3.08.